The number of nitrogens with one attached hydrogen (secondary N) is 1. The average molecular weight is 362 g/mol. The Balaban J connectivity index is 2.06. The summed E-state index contributed by atoms with van der Waals surface area (Å²) in [4.78, 5) is 40.7. The summed E-state index contributed by atoms with van der Waals surface area (Å²) in [7, 11) is 3.48. The van der Waals surface area contributed by atoms with E-state index in [0.29, 0.717) is 25.3 Å². The third kappa shape index (κ3) is 4.95. The van der Waals surface area contributed by atoms with Gasteiger partial charge in [-0.2, -0.15) is 0 Å². The molecule has 26 heavy (non-hydrogen) atoms. The van der Waals surface area contributed by atoms with Crippen LogP contribution >= 0.6 is 0 Å². The van der Waals surface area contributed by atoms with E-state index in [1.54, 1.807) is 38.1 Å². The number of carbonyl (C=O) groups excluding carboxylic acids is 2. The molecule has 0 saturated carbocycles. The minimum absolute atomic E-state index is 0.0719. The molecule has 2 amide bonds. The van der Waals surface area contributed by atoms with Crippen LogP contribution in [0.4, 0.5) is 11.4 Å². The molecule has 2 rings (SSSR count). The van der Waals surface area contributed by atoms with Crippen molar-refractivity contribution in [1.82, 2.24) is 9.80 Å². The highest BCUT2D eigenvalue weighted by Gasteiger charge is 2.21. The third-order valence-corrected chi connectivity index (χ3v) is 4.42. The molecule has 0 aliphatic carbocycles. The zero-order chi connectivity index (χ0) is 19.3. The number of carboxylic acid groups (broad SMARTS) is 1. The van der Waals surface area contributed by atoms with E-state index in [9.17, 15) is 19.5 Å². The summed E-state index contributed by atoms with van der Waals surface area (Å²) in [5.41, 5.74) is 1.19. The normalized spacial score (nSPS) is 14.8. The van der Waals surface area contributed by atoms with Gasteiger partial charge in [-0.05, 0) is 18.2 Å². The Morgan fingerprint density at radius 3 is 2.35 bits per heavy atom. The second-order valence-electron chi connectivity index (χ2n) is 6.49. The van der Waals surface area contributed by atoms with Crippen LogP contribution in [0.5, 0.6) is 0 Å². The van der Waals surface area contributed by atoms with Gasteiger partial charge in [-0.25, -0.2) is 4.79 Å². The fourth-order valence-corrected chi connectivity index (χ4v) is 2.75. The van der Waals surface area contributed by atoms with Crippen molar-refractivity contribution in [2.75, 3.05) is 57.0 Å². The zero-order valence-electron chi connectivity index (χ0n) is 15.5. The zero-order valence-corrected chi connectivity index (χ0v) is 15.5. The van der Waals surface area contributed by atoms with E-state index in [-0.39, 0.29) is 23.8 Å². The number of aromatic carboxylic acids is 1. The van der Waals surface area contributed by atoms with Crippen LogP contribution in [0.15, 0.2) is 18.2 Å². The predicted octanol–water partition coefficient (Wildman–Crippen LogP) is 0.944. The number of carbonyl (C=O) groups is 3. The molecule has 1 fully saturated rings. The lowest BCUT2D eigenvalue weighted by molar-refractivity contribution is -0.130. The molecule has 1 aliphatic heterocycles. The van der Waals surface area contributed by atoms with Gasteiger partial charge in [0.1, 0.15) is 0 Å². The summed E-state index contributed by atoms with van der Waals surface area (Å²) in [6.45, 7) is 4.99. The van der Waals surface area contributed by atoms with Crippen LogP contribution in [0.2, 0.25) is 0 Å². The Hall–Kier alpha value is -2.61. The van der Waals surface area contributed by atoms with Gasteiger partial charge < -0.3 is 20.2 Å². The van der Waals surface area contributed by atoms with Gasteiger partial charge in [0.15, 0.2) is 0 Å². The van der Waals surface area contributed by atoms with Crippen molar-refractivity contribution in [3.8, 4) is 0 Å². The summed E-state index contributed by atoms with van der Waals surface area (Å²) in [6.07, 6.45) is 0.286. The molecule has 1 heterocycles. The number of amides is 2. The van der Waals surface area contributed by atoms with E-state index in [0.717, 1.165) is 18.8 Å². The Bertz CT molecular complexity index is 682. The van der Waals surface area contributed by atoms with Crippen LogP contribution in [0, 0.1) is 0 Å². The first-order valence-electron chi connectivity index (χ1n) is 8.66. The molecule has 0 unspecified atom stereocenters. The lowest BCUT2D eigenvalue weighted by atomic mass is 10.1. The van der Waals surface area contributed by atoms with Crippen LogP contribution < -0.4 is 10.2 Å². The van der Waals surface area contributed by atoms with Gasteiger partial charge in [0, 0.05) is 52.4 Å². The van der Waals surface area contributed by atoms with Gasteiger partial charge in [-0.1, -0.05) is 6.92 Å². The topological polar surface area (TPSA) is 93.2 Å². The Morgan fingerprint density at radius 2 is 1.81 bits per heavy atom. The molecular formula is C18H26N4O4. The average Bonchev–Trinajstić information content (AvgIpc) is 2.62. The van der Waals surface area contributed by atoms with E-state index < -0.39 is 5.97 Å². The highest BCUT2D eigenvalue weighted by molar-refractivity contribution is 6.01. The van der Waals surface area contributed by atoms with Gasteiger partial charge in [-0.15, -0.1) is 0 Å². The van der Waals surface area contributed by atoms with Crippen LogP contribution in [0.1, 0.15) is 23.7 Å². The minimum atomic E-state index is -1.08. The number of hydrogen-bond donors (Lipinski definition) is 2. The third-order valence-electron chi connectivity index (χ3n) is 4.42. The second kappa shape index (κ2) is 8.66. The first kappa shape index (κ1) is 19.7. The van der Waals surface area contributed by atoms with Crippen molar-refractivity contribution in [3.05, 3.63) is 23.8 Å². The Morgan fingerprint density at radius 1 is 1.15 bits per heavy atom. The molecule has 8 heteroatoms. The number of carboxylic acids is 1. The van der Waals surface area contributed by atoms with Gasteiger partial charge in [0.25, 0.3) is 0 Å². The van der Waals surface area contributed by atoms with Gasteiger partial charge in [0.2, 0.25) is 11.8 Å². The maximum absolute atomic E-state index is 11.8. The molecule has 1 aliphatic rings. The van der Waals surface area contributed by atoms with E-state index in [4.69, 9.17) is 0 Å². The number of piperazine rings is 1. The maximum atomic E-state index is 11.8. The number of anilines is 2. The molecule has 1 aromatic rings. The molecule has 0 spiro atoms. The lowest BCUT2D eigenvalue weighted by Gasteiger charge is -2.36. The minimum Gasteiger partial charge on any atom is -0.478 e. The molecule has 0 atom stereocenters. The number of likely N-dealkylation sites (N-methyl/N-ethyl adjacent to an activating group) is 1. The number of benzene rings is 1. The quantitative estimate of drug-likeness (QED) is 0.782. The molecule has 0 radical (unpaired) electrons. The smallest absolute Gasteiger partial charge is 0.337 e. The van der Waals surface area contributed by atoms with E-state index in [1.165, 1.54) is 0 Å². The van der Waals surface area contributed by atoms with Crippen molar-refractivity contribution < 1.29 is 19.5 Å². The predicted molar refractivity (Wildman–Crippen MR) is 99.7 cm³/mol. The summed E-state index contributed by atoms with van der Waals surface area (Å²) in [6, 6.07) is 5.04. The van der Waals surface area contributed by atoms with E-state index in [1.807, 2.05) is 6.07 Å². The van der Waals surface area contributed by atoms with Crippen LogP contribution in [-0.4, -0.2) is 79.5 Å². The van der Waals surface area contributed by atoms with Crippen molar-refractivity contribution in [2.24, 2.45) is 0 Å². The van der Waals surface area contributed by atoms with E-state index >= 15 is 0 Å². The standard InChI is InChI=1S/C18H26N4O4/c1-4-16(23)19-15-6-5-13(11-14(15)18(25)26)22-9-7-21(8-10-22)12-17(24)20(2)3/h5-6,11H,4,7-10,12H2,1-3H3,(H,19,23)(H,25,26). The first-order chi connectivity index (χ1) is 12.3. The molecule has 8 nitrogen and oxygen atoms in total. The van der Waals surface area contributed by atoms with Crippen LogP contribution in [-0.2, 0) is 9.59 Å². The fourth-order valence-electron chi connectivity index (χ4n) is 2.75. The molecule has 0 bridgehead atoms. The number of nitrogens with zero attached hydrogens (tertiary/aromatic N) is 3. The Labute approximate surface area is 153 Å². The van der Waals surface area contributed by atoms with Crippen molar-refractivity contribution in [3.63, 3.8) is 0 Å². The fraction of sp³-hybridized carbons (Fsp3) is 0.500. The van der Waals surface area contributed by atoms with Gasteiger partial charge in [-0.3, -0.25) is 14.5 Å². The first-order valence-corrected chi connectivity index (χ1v) is 8.66. The summed E-state index contributed by atoms with van der Waals surface area (Å²) in [5.74, 6) is -1.23. The van der Waals surface area contributed by atoms with Gasteiger partial charge in [0.05, 0.1) is 17.8 Å². The highest BCUT2D eigenvalue weighted by atomic mass is 16.4. The lowest BCUT2D eigenvalue weighted by Crippen LogP contribution is -2.49. The highest BCUT2D eigenvalue weighted by Crippen LogP contribution is 2.24. The number of hydrogen-bond acceptors (Lipinski definition) is 5. The van der Waals surface area contributed by atoms with Crippen LogP contribution in [0.25, 0.3) is 0 Å². The summed E-state index contributed by atoms with van der Waals surface area (Å²) < 4.78 is 0. The maximum Gasteiger partial charge on any atom is 0.337 e. The van der Waals surface area contributed by atoms with Crippen molar-refractivity contribution in [1.29, 1.82) is 0 Å². The molecule has 0 aromatic heterocycles. The molecule has 1 aromatic carbocycles. The Kier molecular flexibility index (Phi) is 6.57. The largest absolute Gasteiger partial charge is 0.478 e. The molecule has 1 saturated heterocycles. The molecule has 142 valence electrons. The SMILES string of the molecule is CCC(=O)Nc1ccc(N2CCN(CC(=O)N(C)C)CC2)cc1C(=O)O. The van der Waals surface area contributed by atoms with Crippen molar-refractivity contribution >= 4 is 29.2 Å². The monoisotopic (exact) mass is 362 g/mol. The number of rotatable bonds is 6. The van der Waals surface area contributed by atoms with Gasteiger partial charge >= 0.3 is 5.97 Å². The summed E-state index contributed by atoms with van der Waals surface area (Å²) >= 11 is 0. The summed E-state index contributed by atoms with van der Waals surface area (Å²) in [5, 5.41) is 12.1. The second-order valence-corrected chi connectivity index (χ2v) is 6.49. The molecular weight excluding hydrogens is 336 g/mol. The van der Waals surface area contributed by atoms with E-state index in [2.05, 4.69) is 15.1 Å². The van der Waals surface area contributed by atoms with Crippen molar-refractivity contribution in [2.45, 2.75) is 13.3 Å². The van der Waals surface area contributed by atoms with Crippen LogP contribution in [0.3, 0.4) is 0 Å². The molecule has 2 N–H and O–H groups in total.